The number of anilines is 1. The summed E-state index contributed by atoms with van der Waals surface area (Å²) in [4.78, 5) is 21.9. The Morgan fingerprint density at radius 1 is 1.03 bits per heavy atom. The number of methoxy groups -OCH3 is 1. The van der Waals surface area contributed by atoms with Gasteiger partial charge in [0, 0.05) is 31.7 Å². The zero-order valence-corrected chi connectivity index (χ0v) is 18.0. The topological polar surface area (TPSA) is 45.7 Å². The number of carbonyl (C=O) groups excluding carboxylic acids is 1. The van der Waals surface area contributed by atoms with Crippen molar-refractivity contribution < 1.29 is 9.53 Å². The maximum atomic E-state index is 13.0. The molecule has 0 atom stereocenters. The SMILES string of the molecule is COc1c(Cl)ccc2sc(N3CCN(C(=O)c4ccc5ccccc5c4)CC3)nc12. The Morgan fingerprint density at radius 3 is 2.57 bits per heavy atom. The maximum absolute atomic E-state index is 13.0. The van der Waals surface area contributed by atoms with Crippen molar-refractivity contribution in [1.82, 2.24) is 9.88 Å². The number of rotatable bonds is 3. The van der Waals surface area contributed by atoms with Crippen LogP contribution in [-0.4, -0.2) is 49.1 Å². The lowest BCUT2D eigenvalue weighted by Gasteiger charge is -2.34. The van der Waals surface area contributed by atoms with Crippen LogP contribution in [0.3, 0.4) is 0 Å². The van der Waals surface area contributed by atoms with Crippen LogP contribution < -0.4 is 9.64 Å². The highest BCUT2D eigenvalue weighted by atomic mass is 35.5. The molecule has 5 rings (SSSR count). The molecule has 0 spiro atoms. The highest BCUT2D eigenvalue weighted by molar-refractivity contribution is 7.22. The van der Waals surface area contributed by atoms with Crippen LogP contribution in [0.1, 0.15) is 10.4 Å². The van der Waals surface area contributed by atoms with Crippen LogP contribution in [0.25, 0.3) is 21.0 Å². The second-order valence-corrected chi connectivity index (χ2v) is 8.68. The smallest absolute Gasteiger partial charge is 0.253 e. The summed E-state index contributed by atoms with van der Waals surface area (Å²) >= 11 is 7.85. The molecule has 1 saturated heterocycles. The average Bonchev–Trinajstić information content (AvgIpc) is 3.22. The summed E-state index contributed by atoms with van der Waals surface area (Å²) in [5, 5.41) is 3.73. The summed E-state index contributed by atoms with van der Waals surface area (Å²) in [6.45, 7) is 2.82. The third-order valence-corrected chi connectivity index (χ3v) is 6.87. The van der Waals surface area contributed by atoms with Gasteiger partial charge in [-0.1, -0.05) is 53.3 Å². The number of carbonyl (C=O) groups is 1. The van der Waals surface area contributed by atoms with Gasteiger partial charge in [0.15, 0.2) is 10.9 Å². The minimum Gasteiger partial charge on any atom is -0.493 e. The quantitative estimate of drug-likeness (QED) is 0.448. The van der Waals surface area contributed by atoms with E-state index in [4.69, 9.17) is 21.3 Å². The molecule has 0 bridgehead atoms. The van der Waals surface area contributed by atoms with Gasteiger partial charge in [-0.25, -0.2) is 4.98 Å². The highest BCUT2D eigenvalue weighted by Gasteiger charge is 2.25. The van der Waals surface area contributed by atoms with Gasteiger partial charge >= 0.3 is 0 Å². The van der Waals surface area contributed by atoms with E-state index in [1.807, 2.05) is 53.4 Å². The normalized spacial score (nSPS) is 14.5. The number of thiazole rings is 1. The lowest BCUT2D eigenvalue weighted by molar-refractivity contribution is 0.0747. The molecule has 0 saturated carbocycles. The third-order valence-electron chi connectivity index (χ3n) is 5.49. The van der Waals surface area contributed by atoms with E-state index in [1.54, 1.807) is 18.4 Å². The largest absolute Gasteiger partial charge is 0.493 e. The van der Waals surface area contributed by atoms with Crippen LogP contribution in [0.5, 0.6) is 5.75 Å². The molecular formula is C23H20ClN3O2S. The molecule has 1 aliphatic heterocycles. The summed E-state index contributed by atoms with van der Waals surface area (Å²) in [5.41, 5.74) is 1.53. The number of nitrogens with zero attached hydrogens (tertiary/aromatic N) is 3. The Bertz CT molecular complexity index is 1250. The van der Waals surface area contributed by atoms with Crippen molar-refractivity contribution >= 4 is 55.0 Å². The second kappa shape index (κ2) is 7.78. The molecule has 0 radical (unpaired) electrons. The first kappa shape index (κ1) is 19.2. The lowest BCUT2D eigenvalue weighted by Crippen LogP contribution is -2.48. The third kappa shape index (κ3) is 3.36. The van der Waals surface area contributed by atoms with Gasteiger partial charge in [-0.3, -0.25) is 4.79 Å². The first-order valence-corrected chi connectivity index (χ1v) is 11.0. The number of hydrogen-bond donors (Lipinski definition) is 0. The molecule has 1 fully saturated rings. The molecular weight excluding hydrogens is 418 g/mol. The Hall–Kier alpha value is -2.83. The van der Waals surface area contributed by atoms with E-state index in [1.165, 1.54) is 0 Å². The zero-order valence-electron chi connectivity index (χ0n) is 16.5. The molecule has 3 aromatic carbocycles. The molecule has 7 heteroatoms. The van der Waals surface area contributed by atoms with Crippen LogP contribution >= 0.6 is 22.9 Å². The van der Waals surface area contributed by atoms with Crippen LogP contribution in [0.2, 0.25) is 5.02 Å². The second-order valence-electron chi connectivity index (χ2n) is 7.26. The van der Waals surface area contributed by atoms with Gasteiger partial charge in [0.1, 0.15) is 5.52 Å². The standard InChI is InChI=1S/C23H20ClN3O2S/c1-29-21-18(24)8-9-19-20(21)25-23(30-19)27-12-10-26(11-13-27)22(28)17-7-6-15-4-2-3-5-16(15)14-17/h2-9,14H,10-13H2,1H3. The van der Waals surface area contributed by atoms with Crippen molar-refractivity contribution in [2.75, 3.05) is 38.2 Å². The number of fused-ring (bicyclic) bond motifs is 2. The van der Waals surface area contributed by atoms with Crippen molar-refractivity contribution in [1.29, 1.82) is 0 Å². The highest BCUT2D eigenvalue weighted by Crippen LogP contribution is 2.38. The summed E-state index contributed by atoms with van der Waals surface area (Å²) in [6.07, 6.45) is 0. The number of amides is 1. The molecule has 30 heavy (non-hydrogen) atoms. The van der Waals surface area contributed by atoms with E-state index < -0.39 is 0 Å². The summed E-state index contributed by atoms with van der Waals surface area (Å²) in [6, 6.07) is 17.8. The van der Waals surface area contributed by atoms with Crippen molar-refractivity contribution in [3.8, 4) is 5.75 Å². The van der Waals surface area contributed by atoms with Gasteiger partial charge in [-0.2, -0.15) is 0 Å². The molecule has 1 aliphatic rings. The fourth-order valence-corrected chi connectivity index (χ4v) is 5.11. The van der Waals surface area contributed by atoms with Gasteiger partial charge in [-0.15, -0.1) is 0 Å². The van der Waals surface area contributed by atoms with Crippen LogP contribution in [-0.2, 0) is 0 Å². The summed E-state index contributed by atoms with van der Waals surface area (Å²) in [5.74, 6) is 0.694. The van der Waals surface area contributed by atoms with Crippen LogP contribution in [0, 0.1) is 0 Å². The number of aromatic nitrogens is 1. The van der Waals surface area contributed by atoms with E-state index in [-0.39, 0.29) is 5.91 Å². The zero-order chi connectivity index (χ0) is 20.7. The van der Waals surface area contributed by atoms with Crippen molar-refractivity contribution in [3.63, 3.8) is 0 Å². The number of ether oxygens (including phenoxy) is 1. The van der Waals surface area contributed by atoms with Gasteiger partial charge in [0.2, 0.25) is 0 Å². The molecule has 0 N–H and O–H groups in total. The summed E-state index contributed by atoms with van der Waals surface area (Å²) < 4.78 is 6.47. The number of piperazine rings is 1. The van der Waals surface area contributed by atoms with E-state index in [9.17, 15) is 4.79 Å². The predicted octanol–water partition coefficient (Wildman–Crippen LogP) is 5.07. The van der Waals surface area contributed by atoms with Crippen LogP contribution in [0.15, 0.2) is 54.6 Å². The predicted molar refractivity (Wildman–Crippen MR) is 123 cm³/mol. The van der Waals surface area contributed by atoms with Crippen LogP contribution in [0.4, 0.5) is 5.13 Å². The molecule has 0 unspecified atom stereocenters. The Kier molecular flexibility index (Phi) is 4.97. The molecule has 0 aliphatic carbocycles. The average molecular weight is 438 g/mol. The van der Waals surface area contributed by atoms with Gasteiger partial charge in [0.05, 0.1) is 16.8 Å². The fourth-order valence-electron chi connectivity index (χ4n) is 3.87. The van der Waals surface area contributed by atoms with Crippen molar-refractivity contribution in [3.05, 3.63) is 65.2 Å². The van der Waals surface area contributed by atoms with E-state index in [0.29, 0.717) is 23.9 Å². The molecule has 1 amide bonds. The Morgan fingerprint density at radius 2 is 1.80 bits per heavy atom. The summed E-state index contributed by atoms with van der Waals surface area (Å²) in [7, 11) is 1.61. The van der Waals surface area contributed by atoms with E-state index >= 15 is 0 Å². The van der Waals surface area contributed by atoms with Crippen molar-refractivity contribution in [2.24, 2.45) is 0 Å². The molecule has 4 aromatic rings. The monoisotopic (exact) mass is 437 g/mol. The maximum Gasteiger partial charge on any atom is 0.253 e. The van der Waals surface area contributed by atoms with Gasteiger partial charge in [-0.05, 0) is 35.0 Å². The van der Waals surface area contributed by atoms with Gasteiger partial charge < -0.3 is 14.5 Å². The molecule has 1 aromatic heterocycles. The minimum absolute atomic E-state index is 0.0816. The van der Waals surface area contributed by atoms with Gasteiger partial charge in [0.25, 0.3) is 5.91 Å². The molecule has 2 heterocycles. The number of hydrogen-bond acceptors (Lipinski definition) is 5. The van der Waals surface area contributed by atoms with E-state index in [2.05, 4.69) is 11.0 Å². The number of halogens is 1. The molecule has 5 nitrogen and oxygen atoms in total. The minimum atomic E-state index is 0.0816. The van der Waals surface area contributed by atoms with E-state index in [0.717, 1.165) is 44.8 Å². The fraction of sp³-hybridized carbons (Fsp3) is 0.217. The first-order chi connectivity index (χ1) is 14.6. The Labute approximate surface area is 183 Å². The number of benzene rings is 3. The lowest BCUT2D eigenvalue weighted by atomic mass is 10.1. The first-order valence-electron chi connectivity index (χ1n) is 9.80. The molecule has 152 valence electrons. The Balaban J connectivity index is 1.32. The van der Waals surface area contributed by atoms with Crippen molar-refractivity contribution in [2.45, 2.75) is 0 Å².